The van der Waals surface area contributed by atoms with E-state index in [0.29, 0.717) is 0 Å². The molecule has 1 unspecified atom stereocenters. The zero-order chi connectivity index (χ0) is 7.07. The van der Waals surface area contributed by atoms with Crippen LogP contribution >= 0.6 is 0 Å². The minimum absolute atomic E-state index is 0.296. The van der Waals surface area contributed by atoms with Crippen molar-refractivity contribution in [1.82, 2.24) is 10.6 Å². The number of carbonyl (C=O) groups is 2. The van der Waals surface area contributed by atoms with Gasteiger partial charge in [-0.1, -0.05) is 0 Å². The molecule has 2 N–H and O–H groups in total. The number of rotatable bonds is 0. The minimum atomic E-state index is -0.781. The van der Waals surface area contributed by atoms with E-state index in [1.165, 1.54) is 0 Å². The predicted octanol–water partition coefficient (Wildman–Crippen LogP) is -0.911. The van der Waals surface area contributed by atoms with E-state index in [0.717, 1.165) is 0 Å². The van der Waals surface area contributed by atoms with Crippen molar-refractivity contribution < 1.29 is 30.7 Å². The van der Waals surface area contributed by atoms with Crippen molar-refractivity contribution in [3.63, 3.8) is 0 Å². The molecule has 1 saturated heterocycles. The van der Waals surface area contributed by atoms with E-state index in [1.807, 2.05) is 21.1 Å². The molecule has 0 radical (unpaired) electrons. The molecule has 4 nitrogen and oxygen atoms in total. The van der Waals surface area contributed by atoms with Gasteiger partial charge in [-0.15, -0.1) is 0 Å². The molecule has 54 valence electrons. The van der Waals surface area contributed by atoms with Crippen molar-refractivity contribution >= 4 is 11.9 Å². The summed E-state index contributed by atoms with van der Waals surface area (Å²) in [5, 5.41) is 4.52. The zero-order valence-corrected chi connectivity index (χ0v) is 6.78. The molecule has 1 rings (SSSR count). The van der Waals surface area contributed by atoms with Gasteiger partial charge in [-0.3, -0.25) is 0 Å². The Balaban J connectivity index is 2.81. The molecular formula is C4H5AuN2O2. The van der Waals surface area contributed by atoms with Crippen LogP contribution in [0, 0.1) is 0 Å². The molecule has 0 aliphatic carbocycles. The number of hydrogen-bond donors (Lipinski definition) is 2. The summed E-state index contributed by atoms with van der Waals surface area (Å²) in [6.45, 7) is 1.62. The summed E-state index contributed by atoms with van der Waals surface area (Å²) in [6.07, 6.45) is 0. The van der Waals surface area contributed by atoms with Crippen LogP contribution in [0.2, 0.25) is 0 Å². The Hall–Kier alpha value is -0.320. The van der Waals surface area contributed by atoms with E-state index in [9.17, 15) is 9.59 Å². The Kier molecular flexibility index (Phi) is 1.38. The van der Waals surface area contributed by atoms with E-state index >= 15 is 0 Å². The van der Waals surface area contributed by atoms with Gasteiger partial charge in [-0.05, 0) is 0 Å². The normalized spacial score (nSPS) is 34.1. The van der Waals surface area contributed by atoms with Crippen LogP contribution in [-0.2, 0) is 25.9 Å². The summed E-state index contributed by atoms with van der Waals surface area (Å²) < 4.78 is -0.781. The van der Waals surface area contributed by atoms with Crippen LogP contribution < -0.4 is 10.6 Å². The summed E-state index contributed by atoms with van der Waals surface area (Å²) in [7, 11) is 0. The van der Waals surface area contributed by atoms with Crippen molar-refractivity contribution in [3.8, 4) is 0 Å². The van der Waals surface area contributed by atoms with Gasteiger partial charge in [-0.2, -0.15) is 0 Å². The number of carbonyl (C=O) groups excluding carboxylic acids is 2. The first-order valence-corrected chi connectivity index (χ1v) is 3.39. The Bertz CT molecular complexity index is 177. The van der Waals surface area contributed by atoms with Gasteiger partial charge >= 0.3 is 63.9 Å². The van der Waals surface area contributed by atoms with Crippen molar-refractivity contribution in [3.05, 3.63) is 0 Å². The van der Waals surface area contributed by atoms with Gasteiger partial charge < -0.3 is 0 Å². The van der Waals surface area contributed by atoms with Gasteiger partial charge in [0.2, 0.25) is 0 Å². The fraction of sp³-hybridized carbons (Fsp3) is 0.500. The van der Waals surface area contributed by atoms with Crippen LogP contribution in [0.5, 0.6) is 0 Å². The van der Waals surface area contributed by atoms with Crippen LogP contribution in [0.15, 0.2) is 0 Å². The van der Waals surface area contributed by atoms with E-state index in [2.05, 4.69) is 10.6 Å². The number of imide groups is 1. The monoisotopic (exact) mass is 310 g/mol. The fourth-order valence-corrected chi connectivity index (χ4v) is 0.890. The molecular weight excluding hydrogens is 305 g/mol. The van der Waals surface area contributed by atoms with Crippen LogP contribution in [0.25, 0.3) is 0 Å². The van der Waals surface area contributed by atoms with E-state index in [4.69, 9.17) is 0 Å². The molecule has 0 saturated carbocycles. The Morgan fingerprint density at radius 3 is 2.22 bits per heavy atom. The average molecular weight is 310 g/mol. The predicted molar refractivity (Wildman–Crippen MR) is 25.1 cm³/mol. The molecule has 1 aliphatic heterocycles. The summed E-state index contributed by atoms with van der Waals surface area (Å²) in [4.78, 5) is 21.1. The first kappa shape index (κ1) is 6.80. The van der Waals surface area contributed by atoms with Gasteiger partial charge in [0.1, 0.15) is 0 Å². The molecule has 1 heterocycles. The fourth-order valence-electron chi connectivity index (χ4n) is 0.508. The number of nitrogens with one attached hydrogen (secondary N) is 2. The van der Waals surface area contributed by atoms with Gasteiger partial charge in [0.05, 0.1) is 0 Å². The summed E-state index contributed by atoms with van der Waals surface area (Å²) in [5.74, 6) is -0.296. The molecule has 0 spiro atoms. The quantitative estimate of drug-likeness (QED) is 0.449. The summed E-state index contributed by atoms with van der Waals surface area (Å²) in [5.41, 5.74) is 0. The van der Waals surface area contributed by atoms with Gasteiger partial charge in [0.15, 0.2) is 0 Å². The van der Waals surface area contributed by atoms with E-state index < -0.39 is 9.79 Å². The number of hydrogen-bond acceptors (Lipinski definition) is 2. The van der Waals surface area contributed by atoms with Crippen LogP contribution in [0.3, 0.4) is 0 Å². The molecule has 0 bridgehead atoms. The number of amides is 3. The topological polar surface area (TPSA) is 58.2 Å². The van der Waals surface area contributed by atoms with Crippen LogP contribution in [-0.4, -0.2) is 15.7 Å². The molecule has 9 heavy (non-hydrogen) atoms. The Morgan fingerprint density at radius 1 is 1.56 bits per heavy atom. The first-order chi connectivity index (χ1) is 4.02. The van der Waals surface area contributed by atoms with Gasteiger partial charge in [0, 0.05) is 0 Å². The Morgan fingerprint density at radius 2 is 2.11 bits per heavy atom. The second kappa shape index (κ2) is 1.83. The molecule has 1 atom stereocenters. The molecule has 5 heteroatoms. The molecule has 0 aromatic heterocycles. The second-order valence-corrected chi connectivity index (χ2v) is 4.00. The molecule has 1 aliphatic rings. The third-order valence-corrected chi connectivity index (χ3v) is 1.74. The van der Waals surface area contributed by atoms with Crippen molar-refractivity contribution in [2.24, 2.45) is 0 Å². The standard InChI is InChI=1S/C4H5N2O2.Au/c1-2-3(7)6-4(8)5-2;/h1H3,(H2,5,6,7,8);. The average Bonchev–Trinajstić information content (AvgIpc) is 1.79. The SMILES string of the molecule is C[C]1([Au])NC(=O)NC1=O. The molecule has 0 aromatic carbocycles. The Labute approximate surface area is 64.3 Å². The third kappa shape index (κ3) is 1.15. The van der Waals surface area contributed by atoms with E-state index in [-0.39, 0.29) is 5.91 Å². The molecule has 1 fully saturated rings. The summed E-state index contributed by atoms with van der Waals surface area (Å²) >= 11 is 2.05. The molecule has 0 aromatic rings. The first-order valence-electron chi connectivity index (χ1n) is 2.31. The second-order valence-electron chi connectivity index (χ2n) is 1.83. The molecule has 3 amide bonds. The maximum atomic E-state index is 10.7. The van der Waals surface area contributed by atoms with Gasteiger partial charge in [-0.25, -0.2) is 0 Å². The maximum absolute atomic E-state index is 10.7. The third-order valence-electron chi connectivity index (χ3n) is 0.975. The van der Waals surface area contributed by atoms with Crippen molar-refractivity contribution in [2.45, 2.75) is 10.7 Å². The van der Waals surface area contributed by atoms with Crippen LogP contribution in [0.1, 0.15) is 6.92 Å². The van der Waals surface area contributed by atoms with Crippen molar-refractivity contribution in [2.75, 3.05) is 0 Å². The van der Waals surface area contributed by atoms with E-state index in [1.54, 1.807) is 6.92 Å². The van der Waals surface area contributed by atoms with Crippen LogP contribution in [0.4, 0.5) is 4.79 Å². The number of urea groups is 1. The van der Waals surface area contributed by atoms with Gasteiger partial charge in [0.25, 0.3) is 0 Å². The van der Waals surface area contributed by atoms with Crippen molar-refractivity contribution in [1.29, 1.82) is 0 Å². The summed E-state index contributed by atoms with van der Waals surface area (Å²) in [6, 6.07) is -0.426. The zero-order valence-electron chi connectivity index (χ0n) is 4.62.